The Hall–Kier alpha value is -1.74. The van der Waals surface area contributed by atoms with Crippen molar-refractivity contribution in [1.29, 1.82) is 0 Å². The number of methoxy groups -OCH3 is 2. The first-order valence-electron chi connectivity index (χ1n) is 14.0. The number of hydrogen-bond donors (Lipinski definition) is 2. The fourth-order valence-corrected chi connectivity index (χ4v) is 2.91. The molecule has 0 aromatic rings. The van der Waals surface area contributed by atoms with E-state index in [2.05, 4.69) is 0 Å². The summed E-state index contributed by atoms with van der Waals surface area (Å²) in [5.74, 6) is -3.11. The minimum Gasteiger partial charge on any atom is -0.481 e. The van der Waals surface area contributed by atoms with Gasteiger partial charge >= 0.3 is 23.9 Å². The number of ether oxygens (including phenoxy) is 8. The van der Waals surface area contributed by atoms with Crippen molar-refractivity contribution < 1.29 is 86.8 Å². The predicted octanol–water partition coefficient (Wildman–Crippen LogP) is 2.48. The second-order valence-corrected chi connectivity index (χ2v) is 9.87. The van der Waals surface area contributed by atoms with E-state index >= 15 is 0 Å². The summed E-state index contributed by atoms with van der Waals surface area (Å²) < 4.78 is 42.0. The third-order valence-corrected chi connectivity index (χ3v) is 5.02. The van der Waals surface area contributed by atoms with Gasteiger partial charge in [-0.2, -0.15) is 0 Å². The van der Waals surface area contributed by atoms with E-state index < -0.39 is 36.1 Å². The molecule has 0 radical (unpaired) electrons. The molecule has 0 aliphatic heterocycles. The van der Waals surface area contributed by atoms with Crippen molar-refractivity contribution in [3.63, 3.8) is 0 Å². The summed E-state index contributed by atoms with van der Waals surface area (Å²) >= 11 is 0. The van der Waals surface area contributed by atoms with E-state index in [4.69, 9.17) is 48.1 Å². The molecule has 14 nitrogen and oxygen atoms in total. The maximum absolute atomic E-state index is 11.3. The Labute approximate surface area is 268 Å². The second kappa shape index (κ2) is 29.0. The van der Waals surface area contributed by atoms with Crippen molar-refractivity contribution in [1.82, 2.24) is 0 Å². The molecule has 0 aliphatic carbocycles. The minimum absolute atomic E-state index is 0. The van der Waals surface area contributed by atoms with E-state index in [0.717, 1.165) is 0 Å². The Balaban J connectivity index is -0.000000727. The third-order valence-electron chi connectivity index (χ3n) is 5.02. The van der Waals surface area contributed by atoms with Gasteiger partial charge in [-0.3, -0.25) is 19.2 Å². The molecule has 6 unspecified atom stereocenters. The quantitative estimate of drug-likeness (QED) is 0.112. The number of rotatable bonds is 24. The van der Waals surface area contributed by atoms with Gasteiger partial charge in [0.15, 0.2) is 0 Å². The number of carboxylic acid groups (broad SMARTS) is 2. The van der Waals surface area contributed by atoms with E-state index in [1.165, 1.54) is 0 Å². The van der Waals surface area contributed by atoms with Crippen LogP contribution in [0.4, 0.5) is 0 Å². The van der Waals surface area contributed by atoms with Crippen LogP contribution in [0.1, 0.15) is 67.2 Å². The molecule has 0 rings (SSSR count). The Morgan fingerprint density at radius 3 is 0.977 bits per heavy atom. The molecule has 0 fully saturated rings. The molecule has 250 valence electrons. The van der Waals surface area contributed by atoms with Crippen molar-refractivity contribution in [2.45, 2.75) is 104 Å². The van der Waals surface area contributed by atoms with Gasteiger partial charge in [0.1, 0.15) is 12.2 Å². The molecule has 0 spiro atoms. The van der Waals surface area contributed by atoms with Gasteiger partial charge in [0.05, 0.1) is 89.7 Å². The normalized spacial score (nSPS) is 14.9. The Bertz CT molecular complexity index is 678. The van der Waals surface area contributed by atoms with Gasteiger partial charge in [-0.25, -0.2) is 0 Å². The molecule has 0 saturated carbocycles. The molecule has 0 aliphatic rings. The van der Waals surface area contributed by atoms with Crippen LogP contribution in [0.3, 0.4) is 0 Å². The minimum atomic E-state index is -1.02. The third kappa shape index (κ3) is 33.0. The maximum atomic E-state index is 11.3. The summed E-state index contributed by atoms with van der Waals surface area (Å²) in [7, 11) is 3.22. The molecule has 0 aromatic heterocycles. The van der Waals surface area contributed by atoms with Crippen LogP contribution < -0.4 is 0 Å². The number of aliphatic carboxylic acids is 2. The monoisotopic (exact) mass is 676 g/mol. The topological polar surface area (TPSA) is 183 Å². The Morgan fingerprint density at radius 2 is 0.721 bits per heavy atom. The first-order chi connectivity index (χ1) is 19.7. The van der Waals surface area contributed by atoms with Crippen molar-refractivity contribution in [3.8, 4) is 0 Å². The maximum Gasteiger partial charge on any atom is 0.306 e. The van der Waals surface area contributed by atoms with Crippen LogP contribution in [-0.4, -0.2) is 125 Å². The zero-order valence-electron chi connectivity index (χ0n) is 27.0. The standard InChI is InChI=1S/2C14H26O7.Zn/c2*1-10(7-18-4)19-8-11(2)20-9-12(3)21-14(17)6-5-13(15)16;/h2*10-12H,5-9H2,1-4H3,(H,15,16);. The summed E-state index contributed by atoms with van der Waals surface area (Å²) in [6.07, 6.45) is -1.86. The largest absolute Gasteiger partial charge is 0.481 e. The molecule has 43 heavy (non-hydrogen) atoms. The summed E-state index contributed by atoms with van der Waals surface area (Å²) in [6.45, 7) is 13.3. The smallest absolute Gasteiger partial charge is 0.306 e. The van der Waals surface area contributed by atoms with Crippen LogP contribution in [0.2, 0.25) is 0 Å². The van der Waals surface area contributed by atoms with Gasteiger partial charge in [0.25, 0.3) is 0 Å². The first-order valence-corrected chi connectivity index (χ1v) is 14.0. The number of hydrogen-bond acceptors (Lipinski definition) is 12. The van der Waals surface area contributed by atoms with Gasteiger partial charge in [0, 0.05) is 33.7 Å². The summed E-state index contributed by atoms with van der Waals surface area (Å²) in [4.78, 5) is 43.3. The first kappa shape index (κ1) is 45.7. The molecule has 15 heteroatoms. The van der Waals surface area contributed by atoms with Crippen molar-refractivity contribution in [3.05, 3.63) is 0 Å². The van der Waals surface area contributed by atoms with Crippen LogP contribution in [0, 0.1) is 0 Å². The number of carbonyl (C=O) groups excluding carboxylic acids is 2. The van der Waals surface area contributed by atoms with Crippen molar-refractivity contribution >= 4 is 23.9 Å². The van der Waals surface area contributed by atoms with E-state index in [9.17, 15) is 19.2 Å². The van der Waals surface area contributed by atoms with Gasteiger partial charge in [0.2, 0.25) is 0 Å². The van der Waals surface area contributed by atoms with Gasteiger partial charge in [-0.15, -0.1) is 0 Å². The molecule has 2 N–H and O–H groups in total. The van der Waals surface area contributed by atoms with Crippen LogP contribution >= 0.6 is 0 Å². The predicted molar refractivity (Wildman–Crippen MR) is 150 cm³/mol. The molecule has 0 aromatic carbocycles. The van der Waals surface area contributed by atoms with Crippen molar-refractivity contribution in [2.75, 3.05) is 53.9 Å². The fourth-order valence-electron chi connectivity index (χ4n) is 2.91. The van der Waals surface area contributed by atoms with E-state index in [-0.39, 0.29) is 82.8 Å². The molecular weight excluding hydrogens is 626 g/mol. The Morgan fingerprint density at radius 1 is 0.465 bits per heavy atom. The molecule has 6 atom stereocenters. The summed E-state index contributed by atoms with van der Waals surface area (Å²) in [5.41, 5.74) is 0. The van der Waals surface area contributed by atoms with Crippen LogP contribution in [0.25, 0.3) is 0 Å². The van der Waals surface area contributed by atoms with Crippen LogP contribution in [-0.2, 0) is 76.6 Å². The van der Waals surface area contributed by atoms with Crippen molar-refractivity contribution in [2.24, 2.45) is 0 Å². The summed E-state index contributed by atoms with van der Waals surface area (Å²) in [6, 6.07) is 0. The molecule has 0 heterocycles. The van der Waals surface area contributed by atoms with E-state index in [1.54, 1.807) is 28.1 Å². The van der Waals surface area contributed by atoms with Gasteiger partial charge < -0.3 is 48.1 Å². The average Bonchev–Trinajstić information content (AvgIpc) is 2.91. The van der Waals surface area contributed by atoms with Crippen LogP contribution in [0.15, 0.2) is 0 Å². The number of esters is 2. The van der Waals surface area contributed by atoms with E-state index in [1.807, 2.05) is 27.7 Å². The second-order valence-electron chi connectivity index (χ2n) is 9.87. The molecular formula is C28H52O14Zn. The van der Waals surface area contributed by atoms with Crippen LogP contribution in [0.5, 0.6) is 0 Å². The zero-order chi connectivity index (χ0) is 32.5. The molecule has 0 amide bonds. The number of carbonyl (C=O) groups is 4. The van der Waals surface area contributed by atoms with E-state index in [0.29, 0.717) is 26.4 Å². The number of carboxylic acids is 2. The molecule has 0 saturated heterocycles. The van der Waals surface area contributed by atoms with Gasteiger partial charge in [-0.05, 0) is 41.5 Å². The SMILES string of the molecule is COCC(C)OCC(C)OCC(C)OC(=O)CCC(=O)O.COCC(C)OCC(C)OCC(C)OC(=O)CCC(=O)O.[Zn]. The molecule has 0 bridgehead atoms. The summed E-state index contributed by atoms with van der Waals surface area (Å²) in [5, 5.41) is 16.9. The zero-order valence-corrected chi connectivity index (χ0v) is 30.0. The average molecular weight is 678 g/mol. The fraction of sp³-hybridized carbons (Fsp3) is 0.857. The Kier molecular flexibility index (Phi) is 30.8. The van der Waals surface area contributed by atoms with Gasteiger partial charge in [-0.1, -0.05) is 0 Å².